The van der Waals surface area contributed by atoms with Gasteiger partial charge in [-0.25, -0.2) is 5.48 Å². The Morgan fingerprint density at radius 1 is 1.11 bits per heavy atom. The van der Waals surface area contributed by atoms with Gasteiger partial charge in [-0.2, -0.15) is 5.10 Å². The van der Waals surface area contributed by atoms with Crippen LogP contribution in [0.2, 0.25) is 0 Å². The maximum absolute atomic E-state index is 12.2. The fraction of sp³-hybridized carbons (Fsp3) is 0.276. The number of nitrogens with one attached hydrogen (secondary N) is 3. The van der Waals surface area contributed by atoms with E-state index in [9.17, 15) is 4.79 Å². The van der Waals surface area contributed by atoms with Gasteiger partial charge in [0, 0.05) is 39.0 Å². The molecule has 2 unspecified atom stereocenters. The molecule has 1 saturated carbocycles. The number of nitrogens with zero attached hydrogens (tertiary/aromatic N) is 2. The van der Waals surface area contributed by atoms with Crippen molar-refractivity contribution in [3.63, 3.8) is 0 Å². The molecule has 1 amide bonds. The van der Waals surface area contributed by atoms with Crippen LogP contribution < -0.4 is 10.8 Å². The average molecular weight is 514 g/mol. The molecule has 1 aliphatic carbocycles. The first-order chi connectivity index (χ1) is 17.9. The molecule has 0 saturated heterocycles. The smallest absolute Gasteiger partial charge is 0.249 e. The van der Waals surface area contributed by atoms with E-state index in [2.05, 4.69) is 57.8 Å². The molecule has 0 aliphatic heterocycles. The summed E-state index contributed by atoms with van der Waals surface area (Å²) in [6, 6.07) is 20.5. The molecule has 2 heterocycles. The third kappa shape index (κ3) is 5.55. The van der Waals surface area contributed by atoms with E-state index in [1.807, 2.05) is 54.9 Å². The van der Waals surface area contributed by atoms with Gasteiger partial charge in [-0.05, 0) is 79.3 Å². The summed E-state index contributed by atoms with van der Waals surface area (Å²) >= 11 is 1.70. The van der Waals surface area contributed by atoms with Gasteiger partial charge in [0.25, 0.3) is 0 Å². The van der Waals surface area contributed by atoms with Gasteiger partial charge in [-0.3, -0.25) is 20.1 Å². The molecule has 190 valence electrons. The second-order valence-electron chi connectivity index (χ2n) is 10.3. The Labute approximate surface area is 220 Å². The van der Waals surface area contributed by atoms with Gasteiger partial charge in [0.05, 0.1) is 16.9 Å². The van der Waals surface area contributed by atoms with E-state index in [1.54, 1.807) is 18.0 Å². The number of aromatic nitrogens is 3. The number of H-pyrrole nitrogens is 1. The number of hydrogen-bond donors (Lipinski definition) is 4. The van der Waals surface area contributed by atoms with Gasteiger partial charge in [-0.15, -0.1) is 0 Å². The predicted octanol–water partition coefficient (Wildman–Crippen LogP) is 6.39. The lowest BCUT2D eigenvalue weighted by Gasteiger charge is -2.28. The second-order valence-corrected chi connectivity index (χ2v) is 11.5. The van der Waals surface area contributed by atoms with Crippen molar-refractivity contribution in [3.05, 3.63) is 78.2 Å². The zero-order valence-corrected chi connectivity index (χ0v) is 21.8. The molecule has 8 heteroatoms. The Hall–Kier alpha value is -3.62. The third-order valence-corrected chi connectivity index (χ3v) is 8.30. The van der Waals surface area contributed by atoms with Crippen LogP contribution in [0.3, 0.4) is 0 Å². The zero-order valence-electron chi connectivity index (χ0n) is 21.0. The number of benzene rings is 2. The maximum Gasteiger partial charge on any atom is 0.249 e. The highest BCUT2D eigenvalue weighted by atomic mass is 32.2. The number of rotatable bonds is 8. The number of carbonyl (C=O) groups excluding carboxylic acids is 1. The van der Waals surface area contributed by atoms with E-state index in [-0.39, 0.29) is 11.3 Å². The number of hydrogen-bond acceptors (Lipinski definition) is 6. The van der Waals surface area contributed by atoms with Gasteiger partial charge >= 0.3 is 0 Å². The molecule has 0 spiro atoms. The molecule has 4 N–H and O–H groups in total. The molecule has 2 aromatic carbocycles. The molecule has 2 aromatic heterocycles. The summed E-state index contributed by atoms with van der Waals surface area (Å²) in [5, 5.41) is 21.5. The second kappa shape index (κ2) is 10.4. The lowest BCUT2D eigenvalue weighted by Crippen LogP contribution is -2.37. The normalized spacial score (nSPS) is 21.5. The number of anilines is 1. The molecule has 37 heavy (non-hydrogen) atoms. The first kappa shape index (κ1) is 25.0. The minimum Gasteiger partial charge on any atom is -0.384 e. The third-order valence-electron chi connectivity index (χ3n) is 7.23. The van der Waals surface area contributed by atoms with E-state index >= 15 is 0 Å². The topological polar surface area (TPSA) is 103 Å². The minimum atomic E-state index is -0.537. The van der Waals surface area contributed by atoms with Crippen molar-refractivity contribution < 1.29 is 10.0 Å². The SMILES string of the molecule is CC1(CNc2ccccc2Sc2ccc3c(/C=C/c4ccccn4)n[nH]c3c2)CCC(C)(C(=O)NO)C1. The van der Waals surface area contributed by atoms with Crippen molar-refractivity contribution >= 4 is 46.4 Å². The number of fused-ring (bicyclic) bond motifs is 1. The van der Waals surface area contributed by atoms with E-state index in [4.69, 9.17) is 5.21 Å². The maximum atomic E-state index is 12.2. The quantitative estimate of drug-likeness (QED) is 0.161. The summed E-state index contributed by atoms with van der Waals surface area (Å²) in [5.41, 5.74) is 5.10. The van der Waals surface area contributed by atoms with Crippen molar-refractivity contribution in [3.8, 4) is 0 Å². The van der Waals surface area contributed by atoms with Gasteiger partial charge < -0.3 is 5.32 Å². The van der Waals surface area contributed by atoms with E-state index in [1.165, 1.54) is 0 Å². The van der Waals surface area contributed by atoms with E-state index in [0.717, 1.165) is 63.6 Å². The highest BCUT2D eigenvalue weighted by molar-refractivity contribution is 7.99. The minimum absolute atomic E-state index is 0.0347. The van der Waals surface area contributed by atoms with Crippen LogP contribution in [0.15, 0.2) is 76.7 Å². The van der Waals surface area contributed by atoms with Crippen molar-refractivity contribution in [1.82, 2.24) is 20.7 Å². The summed E-state index contributed by atoms with van der Waals surface area (Å²) in [6.45, 7) is 4.89. The van der Waals surface area contributed by atoms with Crippen molar-refractivity contribution in [2.75, 3.05) is 11.9 Å². The molecule has 2 atom stereocenters. The highest BCUT2D eigenvalue weighted by Gasteiger charge is 2.47. The molecular formula is C29H31N5O2S. The summed E-state index contributed by atoms with van der Waals surface area (Å²) in [5.74, 6) is -0.295. The lowest BCUT2D eigenvalue weighted by molar-refractivity contribution is -0.139. The average Bonchev–Trinajstić information content (AvgIpc) is 3.47. The number of hydroxylamine groups is 1. The van der Waals surface area contributed by atoms with Crippen molar-refractivity contribution in [2.24, 2.45) is 10.8 Å². The Kier molecular flexibility index (Phi) is 7.04. The van der Waals surface area contributed by atoms with Crippen LogP contribution >= 0.6 is 11.8 Å². The Bertz CT molecular complexity index is 1440. The van der Waals surface area contributed by atoms with Crippen LogP contribution in [0, 0.1) is 10.8 Å². The molecule has 1 aliphatic rings. The Morgan fingerprint density at radius 3 is 2.76 bits per heavy atom. The number of carbonyl (C=O) groups is 1. The standard InChI is InChI=1S/C29H31N5O2S/c1-28(14-15-29(2,18-28)27(35)34-36)19-31-24-8-3-4-9-26(24)37-21-11-12-22-23(32-33-25(22)17-21)13-10-20-7-5-6-16-30-20/h3-13,16-17,31,36H,14-15,18-19H2,1-2H3,(H,32,33)(H,34,35)/b13-10+. The molecule has 0 radical (unpaired) electrons. The predicted molar refractivity (Wildman–Crippen MR) is 148 cm³/mol. The largest absolute Gasteiger partial charge is 0.384 e. The van der Waals surface area contributed by atoms with Gasteiger partial charge in [0.2, 0.25) is 5.91 Å². The summed E-state index contributed by atoms with van der Waals surface area (Å²) < 4.78 is 0. The Balaban J connectivity index is 1.28. The van der Waals surface area contributed by atoms with Crippen LogP contribution in [0.5, 0.6) is 0 Å². The lowest BCUT2D eigenvalue weighted by atomic mass is 9.81. The fourth-order valence-electron chi connectivity index (χ4n) is 5.16. The first-order valence-corrected chi connectivity index (χ1v) is 13.2. The van der Waals surface area contributed by atoms with Crippen LogP contribution in [0.25, 0.3) is 23.1 Å². The first-order valence-electron chi connectivity index (χ1n) is 12.4. The number of pyridine rings is 1. The monoisotopic (exact) mass is 513 g/mol. The molecular weight excluding hydrogens is 482 g/mol. The van der Waals surface area contributed by atoms with Crippen LogP contribution in [0.1, 0.15) is 44.5 Å². The molecule has 7 nitrogen and oxygen atoms in total. The van der Waals surface area contributed by atoms with Crippen molar-refractivity contribution in [1.29, 1.82) is 0 Å². The highest BCUT2D eigenvalue weighted by Crippen LogP contribution is 2.49. The van der Waals surface area contributed by atoms with E-state index in [0.29, 0.717) is 0 Å². The van der Waals surface area contributed by atoms with Crippen LogP contribution in [0.4, 0.5) is 5.69 Å². The molecule has 5 rings (SSSR count). The van der Waals surface area contributed by atoms with Gasteiger partial charge in [0.15, 0.2) is 0 Å². The summed E-state index contributed by atoms with van der Waals surface area (Å²) in [7, 11) is 0. The molecule has 4 aromatic rings. The van der Waals surface area contributed by atoms with Crippen LogP contribution in [-0.2, 0) is 4.79 Å². The van der Waals surface area contributed by atoms with Crippen molar-refractivity contribution in [2.45, 2.75) is 42.9 Å². The number of para-hydroxylation sites is 1. The zero-order chi connectivity index (χ0) is 25.9. The fourth-order valence-corrected chi connectivity index (χ4v) is 6.13. The van der Waals surface area contributed by atoms with Gasteiger partial charge in [0.1, 0.15) is 0 Å². The summed E-state index contributed by atoms with van der Waals surface area (Å²) in [6.07, 6.45) is 8.13. The molecule has 0 bridgehead atoms. The number of amides is 1. The molecule has 1 fully saturated rings. The summed E-state index contributed by atoms with van der Waals surface area (Å²) in [4.78, 5) is 18.7. The van der Waals surface area contributed by atoms with E-state index < -0.39 is 5.41 Å². The number of aromatic amines is 1. The van der Waals surface area contributed by atoms with Crippen LogP contribution in [-0.4, -0.2) is 32.8 Å². The van der Waals surface area contributed by atoms with Gasteiger partial charge in [-0.1, -0.05) is 43.8 Å². The Morgan fingerprint density at radius 2 is 1.95 bits per heavy atom.